The zero-order chi connectivity index (χ0) is 23.8. The minimum absolute atomic E-state index is 0.253. The number of morpholine rings is 1. The smallest absolute Gasteiger partial charge is 0.256 e. The number of ether oxygens (including phenoxy) is 1. The van der Waals surface area contributed by atoms with Crippen LogP contribution in [0, 0.1) is 5.82 Å². The van der Waals surface area contributed by atoms with Crippen LogP contribution in [-0.2, 0) is 9.57 Å². The standard InChI is InChI=1S/C25H27FN6O3/c26-16-1-2-18-20(15-16)21-19(3-6-27-24(21)33)23-22(18)28-25(29-23)32-7-4-17(5-8-32)30-35-14-11-31-9-12-34-13-10-31/h1-3,6,15H,4-5,7-14H2,(H,27,33)(H,28,29). The first-order valence-electron chi connectivity index (χ1n) is 12.0. The van der Waals surface area contributed by atoms with Crippen LogP contribution in [0.3, 0.4) is 0 Å². The summed E-state index contributed by atoms with van der Waals surface area (Å²) >= 11 is 0. The number of hydrogen-bond donors (Lipinski definition) is 2. The first kappa shape index (κ1) is 22.0. The lowest BCUT2D eigenvalue weighted by molar-refractivity contribution is 0.0210. The SMILES string of the molecule is O=c1[nH]ccc2c3nc(N4CCC(=NOCCN5CCOCC5)CC4)[nH]c3c3ccc(F)cc3c12. The predicted octanol–water partition coefficient (Wildman–Crippen LogP) is 3.00. The average molecular weight is 479 g/mol. The molecule has 4 heterocycles. The van der Waals surface area contributed by atoms with Gasteiger partial charge in [-0.25, -0.2) is 9.37 Å². The minimum atomic E-state index is -0.379. The highest BCUT2D eigenvalue weighted by molar-refractivity contribution is 6.23. The molecule has 6 rings (SSSR count). The summed E-state index contributed by atoms with van der Waals surface area (Å²) in [5.74, 6) is 0.363. The van der Waals surface area contributed by atoms with E-state index in [1.54, 1.807) is 12.3 Å². The number of aromatic amines is 2. The molecule has 0 aliphatic carbocycles. The van der Waals surface area contributed by atoms with Crippen molar-refractivity contribution in [2.24, 2.45) is 5.16 Å². The quantitative estimate of drug-likeness (QED) is 0.260. The van der Waals surface area contributed by atoms with E-state index in [-0.39, 0.29) is 11.4 Å². The predicted molar refractivity (Wildman–Crippen MR) is 134 cm³/mol. The summed E-state index contributed by atoms with van der Waals surface area (Å²) in [6, 6.07) is 6.35. The zero-order valence-corrected chi connectivity index (χ0v) is 19.3. The molecule has 2 aliphatic heterocycles. The number of rotatable bonds is 5. The molecule has 182 valence electrons. The molecule has 10 heteroatoms. The molecule has 0 unspecified atom stereocenters. The normalized spacial score (nSPS) is 17.5. The van der Waals surface area contributed by atoms with Crippen molar-refractivity contribution >= 4 is 44.2 Å². The zero-order valence-electron chi connectivity index (χ0n) is 19.3. The van der Waals surface area contributed by atoms with Crippen LogP contribution in [0.4, 0.5) is 10.3 Å². The molecule has 0 bridgehead atoms. The van der Waals surface area contributed by atoms with Crippen molar-refractivity contribution in [3.8, 4) is 0 Å². The monoisotopic (exact) mass is 478 g/mol. The second-order valence-electron chi connectivity index (χ2n) is 9.00. The fraction of sp³-hybridized carbons (Fsp3) is 0.400. The summed E-state index contributed by atoms with van der Waals surface area (Å²) < 4.78 is 19.4. The van der Waals surface area contributed by atoms with Gasteiger partial charge >= 0.3 is 0 Å². The third kappa shape index (κ3) is 4.23. The molecule has 2 aliphatic rings. The Bertz CT molecular complexity index is 1460. The maximum absolute atomic E-state index is 14.1. The Kier molecular flexibility index (Phi) is 5.83. The number of imidazole rings is 1. The van der Waals surface area contributed by atoms with Crippen molar-refractivity contribution in [1.29, 1.82) is 0 Å². The molecule has 0 spiro atoms. The van der Waals surface area contributed by atoms with E-state index in [0.717, 1.165) is 81.3 Å². The van der Waals surface area contributed by atoms with Crippen molar-refractivity contribution in [3.63, 3.8) is 0 Å². The number of pyridine rings is 1. The van der Waals surface area contributed by atoms with Crippen LogP contribution in [-0.4, -0.2) is 78.1 Å². The van der Waals surface area contributed by atoms with Gasteiger partial charge < -0.3 is 24.4 Å². The van der Waals surface area contributed by atoms with Gasteiger partial charge in [0.1, 0.15) is 12.4 Å². The van der Waals surface area contributed by atoms with Crippen molar-refractivity contribution in [3.05, 3.63) is 46.6 Å². The fourth-order valence-corrected chi connectivity index (χ4v) is 4.98. The number of halogens is 1. The minimum Gasteiger partial charge on any atom is -0.394 e. The van der Waals surface area contributed by atoms with Gasteiger partial charge in [-0.3, -0.25) is 9.69 Å². The van der Waals surface area contributed by atoms with Crippen LogP contribution in [0.2, 0.25) is 0 Å². The number of piperidine rings is 1. The van der Waals surface area contributed by atoms with E-state index in [1.807, 2.05) is 6.07 Å². The molecule has 0 atom stereocenters. The van der Waals surface area contributed by atoms with E-state index in [2.05, 4.69) is 24.9 Å². The Labute approximate surface area is 200 Å². The number of anilines is 1. The molecule has 9 nitrogen and oxygen atoms in total. The van der Waals surface area contributed by atoms with Crippen LogP contribution in [0.5, 0.6) is 0 Å². The average Bonchev–Trinajstić information content (AvgIpc) is 3.33. The van der Waals surface area contributed by atoms with E-state index in [4.69, 9.17) is 14.6 Å². The second kappa shape index (κ2) is 9.27. The molecule has 35 heavy (non-hydrogen) atoms. The molecular weight excluding hydrogens is 451 g/mol. The van der Waals surface area contributed by atoms with E-state index in [9.17, 15) is 9.18 Å². The third-order valence-electron chi connectivity index (χ3n) is 6.86. The lowest BCUT2D eigenvalue weighted by atomic mass is 10.0. The summed E-state index contributed by atoms with van der Waals surface area (Å²) in [5, 5.41) is 6.88. The van der Waals surface area contributed by atoms with Crippen LogP contribution in [0.25, 0.3) is 32.6 Å². The van der Waals surface area contributed by atoms with E-state index in [0.29, 0.717) is 28.3 Å². The number of oxime groups is 1. The van der Waals surface area contributed by atoms with Crippen molar-refractivity contribution in [2.45, 2.75) is 12.8 Å². The van der Waals surface area contributed by atoms with E-state index in [1.165, 1.54) is 12.1 Å². The van der Waals surface area contributed by atoms with Crippen molar-refractivity contribution in [1.82, 2.24) is 19.9 Å². The number of hydrogen-bond acceptors (Lipinski definition) is 7. The van der Waals surface area contributed by atoms with Crippen LogP contribution >= 0.6 is 0 Å². The Hall–Kier alpha value is -3.50. The number of H-pyrrole nitrogens is 2. The van der Waals surface area contributed by atoms with Gasteiger partial charge in [-0.2, -0.15) is 0 Å². The van der Waals surface area contributed by atoms with Gasteiger partial charge in [0.05, 0.1) is 35.3 Å². The number of nitrogens with one attached hydrogen (secondary N) is 2. The molecule has 2 aromatic heterocycles. The molecule has 0 amide bonds. The number of fused-ring (bicyclic) bond motifs is 6. The molecule has 0 radical (unpaired) electrons. The summed E-state index contributed by atoms with van der Waals surface area (Å²) in [5.41, 5.74) is 2.32. The van der Waals surface area contributed by atoms with Crippen LogP contribution in [0.1, 0.15) is 12.8 Å². The maximum atomic E-state index is 14.1. The lowest BCUT2D eigenvalue weighted by Gasteiger charge is -2.27. The van der Waals surface area contributed by atoms with Gasteiger partial charge in [-0.15, -0.1) is 0 Å². The molecule has 0 saturated carbocycles. The van der Waals surface area contributed by atoms with Gasteiger partial charge in [0.2, 0.25) is 5.95 Å². The number of aromatic nitrogens is 3. The maximum Gasteiger partial charge on any atom is 0.256 e. The molecule has 2 aromatic carbocycles. The van der Waals surface area contributed by atoms with Crippen molar-refractivity contribution < 1.29 is 14.0 Å². The van der Waals surface area contributed by atoms with Gasteiger partial charge in [0.15, 0.2) is 0 Å². The fourth-order valence-electron chi connectivity index (χ4n) is 4.98. The van der Waals surface area contributed by atoms with Crippen molar-refractivity contribution in [2.75, 3.05) is 57.4 Å². The first-order valence-corrected chi connectivity index (χ1v) is 12.0. The molecular formula is C25H27FN6O3. The summed E-state index contributed by atoms with van der Waals surface area (Å²) in [4.78, 5) is 33.7. The van der Waals surface area contributed by atoms with Gasteiger partial charge in [-0.1, -0.05) is 5.16 Å². The van der Waals surface area contributed by atoms with Gasteiger partial charge in [-0.05, 0) is 24.3 Å². The highest BCUT2D eigenvalue weighted by Crippen LogP contribution is 2.34. The highest BCUT2D eigenvalue weighted by atomic mass is 19.1. The Morgan fingerprint density at radius 3 is 2.74 bits per heavy atom. The Balaban J connectivity index is 1.21. The second-order valence-corrected chi connectivity index (χ2v) is 9.00. The Morgan fingerprint density at radius 2 is 1.91 bits per heavy atom. The number of nitrogens with zero attached hydrogens (tertiary/aromatic N) is 4. The Morgan fingerprint density at radius 1 is 1.09 bits per heavy atom. The van der Waals surface area contributed by atoms with E-state index < -0.39 is 0 Å². The van der Waals surface area contributed by atoms with Gasteiger partial charge in [0.25, 0.3) is 5.56 Å². The summed E-state index contributed by atoms with van der Waals surface area (Å²) in [6.07, 6.45) is 3.19. The largest absolute Gasteiger partial charge is 0.394 e. The summed E-state index contributed by atoms with van der Waals surface area (Å²) in [7, 11) is 0. The summed E-state index contributed by atoms with van der Waals surface area (Å²) in [6.45, 7) is 6.42. The lowest BCUT2D eigenvalue weighted by Crippen LogP contribution is -2.38. The van der Waals surface area contributed by atoms with Crippen LogP contribution < -0.4 is 10.5 Å². The highest BCUT2D eigenvalue weighted by Gasteiger charge is 2.21. The molecule has 4 aromatic rings. The molecule has 2 N–H and O–H groups in total. The third-order valence-corrected chi connectivity index (χ3v) is 6.86. The molecule has 2 fully saturated rings. The first-order chi connectivity index (χ1) is 17.2. The molecule has 2 saturated heterocycles. The number of benzene rings is 2. The van der Waals surface area contributed by atoms with E-state index >= 15 is 0 Å². The topological polar surface area (TPSA) is 98.8 Å². The van der Waals surface area contributed by atoms with Gasteiger partial charge in [0, 0.05) is 67.9 Å². The van der Waals surface area contributed by atoms with Crippen LogP contribution in [0.15, 0.2) is 40.4 Å².